The van der Waals surface area contributed by atoms with E-state index in [9.17, 15) is 0 Å². The van der Waals surface area contributed by atoms with Gasteiger partial charge in [-0.1, -0.05) is 177 Å². The van der Waals surface area contributed by atoms with Crippen LogP contribution in [0.3, 0.4) is 0 Å². The van der Waals surface area contributed by atoms with Gasteiger partial charge in [-0.15, -0.1) is 56.7 Å². The molecule has 0 bridgehead atoms. The van der Waals surface area contributed by atoms with Crippen LogP contribution in [-0.2, 0) is 12.8 Å². The highest BCUT2D eigenvalue weighted by molar-refractivity contribution is 7.18. The quantitative estimate of drug-likeness (QED) is 0.170. The van der Waals surface area contributed by atoms with Crippen LogP contribution < -0.4 is 4.74 Å². The number of rotatable bonds is 5. The monoisotopic (exact) mass is 1220 g/mol. The van der Waals surface area contributed by atoms with E-state index in [4.69, 9.17) is 4.74 Å². The van der Waals surface area contributed by atoms with Crippen LogP contribution >= 0.6 is 56.7 Å². The number of ether oxygens (including phenoxy) is 1. The van der Waals surface area contributed by atoms with Crippen LogP contribution in [0.15, 0.2) is 192 Å². The minimum Gasteiger partial charge on any atom is -0.496 e. The molecule has 6 heterocycles. The van der Waals surface area contributed by atoms with Crippen molar-refractivity contribution in [1.82, 2.24) is 29.9 Å². The van der Waals surface area contributed by atoms with E-state index in [0.29, 0.717) is 0 Å². The molecule has 6 aromatic carbocycles. The van der Waals surface area contributed by atoms with Crippen molar-refractivity contribution in [2.75, 3.05) is 7.11 Å². The minimum absolute atomic E-state index is 0. The maximum Gasteiger partial charge on any atom is 0.121 e. The summed E-state index contributed by atoms with van der Waals surface area (Å²) in [5, 5.41) is 13.9. The van der Waals surface area contributed by atoms with Gasteiger partial charge in [0.05, 0.1) is 53.8 Å². The first-order valence-electron chi connectivity index (χ1n) is 28.0. The van der Waals surface area contributed by atoms with E-state index >= 15 is 0 Å². The molecule has 0 atom stereocenters. The first-order chi connectivity index (χ1) is 40.3. The van der Waals surface area contributed by atoms with Gasteiger partial charge in [0.1, 0.15) is 5.75 Å². The molecular weight excluding hydrogens is 1140 g/mol. The lowest BCUT2D eigenvalue weighted by atomic mass is 10.1. The van der Waals surface area contributed by atoms with Gasteiger partial charge in [-0.2, -0.15) is 0 Å². The van der Waals surface area contributed by atoms with Crippen molar-refractivity contribution in [2.24, 2.45) is 0 Å². The van der Waals surface area contributed by atoms with E-state index in [1.54, 1.807) is 70.0 Å². The van der Waals surface area contributed by atoms with E-state index < -0.39 is 0 Å². The van der Waals surface area contributed by atoms with Gasteiger partial charge >= 0.3 is 0 Å². The summed E-state index contributed by atoms with van der Waals surface area (Å²) in [4.78, 5) is 25.4. The summed E-state index contributed by atoms with van der Waals surface area (Å²) < 4.78 is 6.42. The maximum absolute atomic E-state index is 5.14. The number of benzene rings is 6. The number of fused-ring (bicyclic) bond motifs is 1. The van der Waals surface area contributed by atoms with E-state index in [1.807, 2.05) is 121 Å². The number of hydrogen-bond acceptors (Lipinski definition) is 12. The molecule has 0 amide bonds. The molecule has 446 valence electrons. The fourth-order valence-electron chi connectivity index (χ4n) is 7.55. The van der Waals surface area contributed by atoms with Gasteiger partial charge in [-0.25, -0.2) is 19.9 Å². The van der Waals surface area contributed by atoms with E-state index in [-0.39, 0.29) is 7.43 Å². The number of hydrogen-bond donors (Lipinski definition) is 0. The number of aryl methyl sites for hydroxylation is 15. The molecule has 0 aliphatic rings. The molecule has 7 nitrogen and oxygen atoms in total. The summed E-state index contributed by atoms with van der Waals surface area (Å²) in [6, 6.07) is 56.3. The van der Waals surface area contributed by atoms with Crippen molar-refractivity contribution in [3.8, 4) is 28.3 Å². The Morgan fingerprint density at radius 2 is 0.894 bits per heavy atom. The number of nitrogens with zero attached hydrogens (tertiary/aromatic N) is 6. The topological polar surface area (TPSA) is 86.6 Å². The number of pyridine rings is 1. The van der Waals surface area contributed by atoms with Crippen molar-refractivity contribution in [2.45, 2.75) is 124 Å². The summed E-state index contributed by atoms with van der Waals surface area (Å²) in [6.45, 7) is 30.9. The predicted molar refractivity (Wildman–Crippen MR) is 376 cm³/mol. The van der Waals surface area contributed by atoms with Crippen LogP contribution in [0.4, 0.5) is 0 Å². The number of thiazole rings is 5. The first-order valence-corrected chi connectivity index (χ1v) is 32.3. The van der Waals surface area contributed by atoms with E-state index in [1.165, 1.54) is 54.8 Å². The summed E-state index contributed by atoms with van der Waals surface area (Å²) in [7, 11) is 1.70. The number of para-hydroxylation sites is 1. The molecule has 12 aromatic rings. The fourth-order valence-corrected chi connectivity index (χ4v) is 10.7. The van der Waals surface area contributed by atoms with Crippen molar-refractivity contribution in [3.05, 3.63) is 273 Å². The molecule has 0 radical (unpaired) electrons. The van der Waals surface area contributed by atoms with Crippen LogP contribution in [0, 0.1) is 90.0 Å². The number of aromatic nitrogens is 6. The summed E-state index contributed by atoms with van der Waals surface area (Å²) in [6.07, 6.45) is 4.03. The molecule has 0 aliphatic carbocycles. The van der Waals surface area contributed by atoms with Gasteiger partial charge in [0.25, 0.3) is 0 Å². The first kappa shape index (κ1) is 71.9. The Morgan fingerprint density at radius 3 is 1.28 bits per heavy atom. The maximum atomic E-state index is 5.14. The lowest BCUT2D eigenvalue weighted by molar-refractivity contribution is 0.411. The van der Waals surface area contributed by atoms with Gasteiger partial charge in [0.2, 0.25) is 0 Å². The molecule has 0 fully saturated rings. The van der Waals surface area contributed by atoms with Gasteiger partial charge in [-0.3, -0.25) is 9.97 Å². The minimum atomic E-state index is 0. The van der Waals surface area contributed by atoms with Gasteiger partial charge in [0.15, 0.2) is 0 Å². The van der Waals surface area contributed by atoms with Crippen molar-refractivity contribution < 1.29 is 4.74 Å². The van der Waals surface area contributed by atoms with Crippen LogP contribution in [0.2, 0.25) is 0 Å². The van der Waals surface area contributed by atoms with Gasteiger partial charge < -0.3 is 4.74 Å². The smallest absolute Gasteiger partial charge is 0.121 e. The Kier molecular flexibility index (Phi) is 33.9. The molecule has 85 heavy (non-hydrogen) atoms. The van der Waals surface area contributed by atoms with Gasteiger partial charge in [-0.05, 0) is 150 Å². The third kappa shape index (κ3) is 29.4. The zero-order valence-corrected chi connectivity index (χ0v) is 56.1. The van der Waals surface area contributed by atoms with Crippen LogP contribution in [0.5, 0.6) is 5.75 Å². The Morgan fingerprint density at radius 1 is 0.388 bits per heavy atom. The largest absolute Gasteiger partial charge is 0.496 e. The average Bonchev–Trinajstić information content (AvgIpc) is 4.59. The van der Waals surface area contributed by atoms with Crippen molar-refractivity contribution in [1.29, 1.82) is 0 Å². The number of methoxy groups -OCH3 is 1. The zero-order chi connectivity index (χ0) is 61.2. The SMILES string of the molecule is C.CCc1ccc(C)cc1.CCc1ccc(OC)c(C)c1.Cc1ccc(-c2csc(C)n2)cc1.Cc1cccc(C)c1.Cc1cccc(C)n1.Cc1csc(C)n1.Cc1nc(-c2ccccc2)cs1.Cc1nc2ccccc2s1.Cc1nccs1. The highest BCUT2D eigenvalue weighted by Gasteiger charge is 2.02. The molecule has 6 aromatic heterocycles. The van der Waals surface area contributed by atoms with Crippen LogP contribution in [-0.4, -0.2) is 37.0 Å². The lowest BCUT2D eigenvalue weighted by Crippen LogP contribution is -1.88. The molecular formula is C73H88N6OS5. The Balaban J connectivity index is 0.000000252. The second kappa shape index (κ2) is 40.1. The predicted octanol–water partition coefficient (Wildman–Crippen LogP) is 22.1. The highest BCUT2D eigenvalue weighted by Crippen LogP contribution is 2.23. The van der Waals surface area contributed by atoms with E-state index in [0.717, 1.165) is 77.6 Å². The molecule has 0 spiro atoms. The average molecular weight is 1230 g/mol. The normalized spacial score (nSPS) is 9.65. The second-order valence-electron chi connectivity index (χ2n) is 19.6. The lowest BCUT2D eigenvalue weighted by Gasteiger charge is -2.05. The zero-order valence-electron chi connectivity index (χ0n) is 52.0. The Hall–Kier alpha value is -7.32. The molecule has 0 unspecified atom stereocenters. The molecule has 12 rings (SSSR count). The molecule has 0 aliphatic heterocycles. The Bertz CT molecular complexity index is 3550. The third-order valence-corrected chi connectivity index (χ3v) is 16.0. The standard InChI is InChI=1S/C11H11NS.C10H9NS.C10H14O.C9H12.C8H7NS.C8H10.C7H9N.C5H7NS.C4H5NS.CH4/c1-8-3-5-10(6-4-8)11-7-13-9(2)12-11;1-8-11-10(7-12-8)9-5-3-2-4-6-9;1-4-9-5-6-10(11-3)8(2)7-9;1-3-9-6-4-8(2)5-7-9;1-6-9-7-4-2-3-5-8(7)10-6;1-7-4-3-5-8(2)6-7;1-6-4-3-5-7(2)8-6;1-4-3-7-5(2)6-4;1-4-5-2-3-6-4;/h3-7H,1-2H3;2-7H,1H3;5-7H,4H2,1-3H3;4-7H,3H2,1-2H3;2-5H,1H3;3-6H,1-2H3;3-5H,1-2H3;3H,1-2H3;2-3H,1H3;1H4. The van der Waals surface area contributed by atoms with Crippen molar-refractivity contribution >= 4 is 66.9 Å². The summed E-state index contributed by atoms with van der Waals surface area (Å²) in [5.41, 5.74) is 18.3. The highest BCUT2D eigenvalue weighted by atomic mass is 32.1. The molecule has 0 saturated carbocycles. The van der Waals surface area contributed by atoms with Gasteiger partial charge in [0, 0.05) is 55.9 Å². The van der Waals surface area contributed by atoms with Crippen LogP contribution in [0.25, 0.3) is 32.7 Å². The van der Waals surface area contributed by atoms with Crippen LogP contribution in [0.1, 0.15) is 102 Å². The second-order valence-corrected chi connectivity index (χ2v) is 25.1. The van der Waals surface area contributed by atoms with Crippen molar-refractivity contribution in [3.63, 3.8) is 0 Å². The molecule has 0 N–H and O–H groups in total. The Labute approximate surface area is 529 Å². The molecule has 12 heteroatoms. The van der Waals surface area contributed by atoms with E-state index in [2.05, 4.69) is 198 Å². The third-order valence-electron chi connectivity index (χ3n) is 11.9. The fraction of sp³-hybridized carbons (Fsp3) is 0.260. The summed E-state index contributed by atoms with van der Waals surface area (Å²) >= 11 is 8.48. The molecule has 0 saturated heterocycles. The summed E-state index contributed by atoms with van der Waals surface area (Å²) in [5.74, 6) is 0.974.